The van der Waals surface area contributed by atoms with Crippen LogP contribution in [0.4, 0.5) is 0 Å². The zero-order valence-electron chi connectivity index (χ0n) is 1.62. The van der Waals surface area contributed by atoms with Gasteiger partial charge in [0.1, 0.15) is 0 Å². The third kappa shape index (κ3) is 9.77. The van der Waals surface area contributed by atoms with Crippen LogP contribution in [-0.2, 0) is 38.5 Å². The molecule has 4 heavy (non-hydrogen) atoms. The minimum absolute atomic E-state index is 0. The Kier molecular flexibility index (Phi) is 311. The van der Waals surface area contributed by atoms with Crippen LogP contribution in [0, 0.1) is 0 Å². The SMILES string of the molecule is [Al+3].[Ni+2].[Ni+2].[O-2]. The molecule has 24 valence electrons. The molecule has 0 aliphatic rings. The van der Waals surface area contributed by atoms with Crippen molar-refractivity contribution in [2.45, 2.75) is 0 Å². The van der Waals surface area contributed by atoms with Crippen LogP contribution in [0.5, 0.6) is 0 Å². The first-order valence-corrected chi connectivity index (χ1v) is 0. The second-order valence-corrected chi connectivity index (χ2v) is 0. The molecule has 0 aliphatic carbocycles. The van der Waals surface area contributed by atoms with E-state index < -0.39 is 0 Å². The van der Waals surface area contributed by atoms with Gasteiger partial charge in [0.05, 0.1) is 0 Å². The van der Waals surface area contributed by atoms with Crippen molar-refractivity contribution in [1.82, 2.24) is 0 Å². The Bertz CT molecular complexity index is 6.00. The average Bonchev–Trinajstić information content (AvgIpc) is 0. The molecule has 0 fully saturated rings. The van der Waals surface area contributed by atoms with Crippen molar-refractivity contribution in [3.63, 3.8) is 0 Å². The minimum Gasteiger partial charge on any atom is -2.00 e. The molecule has 0 aromatic heterocycles. The summed E-state index contributed by atoms with van der Waals surface area (Å²) >= 11 is 0. The van der Waals surface area contributed by atoms with Crippen LogP contribution in [0.15, 0.2) is 0 Å². The monoisotopic (exact) mass is 159 g/mol. The molecule has 0 saturated carbocycles. The molecule has 0 unspecified atom stereocenters. The maximum Gasteiger partial charge on any atom is 3.00 e. The van der Waals surface area contributed by atoms with Crippen molar-refractivity contribution in [3.8, 4) is 0 Å². The van der Waals surface area contributed by atoms with Gasteiger partial charge >= 0.3 is 50.3 Å². The van der Waals surface area contributed by atoms with Gasteiger partial charge in [-0.2, -0.15) is 0 Å². The van der Waals surface area contributed by atoms with E-state index in [1.165, 1.54) is 0 Å². The topological polar surface area (TPSA) is 28.5 Å². The van der Waals surface area contributed by atoms with E-state index in [9.17, 15) is 0 Å². The Labute approximate surface area is 55.8 Å². The molecule has 0 bridgehead atoms. The Balaban J connectivity index is 0. The van der Waals surface area contributed by atoms with E-state index in [-0.39, 0.29) is 55.8 Å². The minimum atomic E-state index is 0. The first-order chi connectivity index (χ1) is 0. The predicted octanol–water partition coefficient (Wildman–Crippen LogP) is -0.505. The van der Waals surface area contributed by atoms with Gasteiger partial charge in [-0.1, -0.05) is 0 Å². The van der Waals surface area contributed by atoms with E-state index in [4.69, 9.17) is 0 Å². The van der Waals surface area contributed by atoms with Crippen LogP contribution < -0.4 is 0 Å². The van der Waals surface area contributed by atoms with Crippen molar-refractivity contribution in [1.29, 1.82) is 0 Å². The molecular weight excluding hydrogens is 160 g/mol. The van der Waals surface area contributed by atoms with Crippen molar-refractivity contribution in [3.05, 3.63) is 0 Å². The Morgan fingerprint density at radius 2 is 0.750 bits per heavy atom. The Hall–Kier alpha value is 1.48. The van der Waals surface area contributed by atoms with Gasteiger partial charge in [-0.3, -0.25) is 0 Å². The summed E-state index contributed by atoms with van der Waals surface area (Å²) in [7, 11) is 0. The normalized spacial score (nSPS) is 0. The zero-order chi connectivity index (χ0) is 0. The quantitative estimate of drug-likeness (QED) is 0.427. The standard InChI is InChI=1S/Al.2Ni.O/q+3;2*+2;-2. The van der Waals surface area contributed by atoms with Gasteiger partial charge in [-0.05, 0) is 0 Å². The maximum absolute atomic E-state index is 0. The fourth-order valence-electron chi connectivity index (χ4n) is 0. The van der Waals surface area contributed by atoms with Crippen LogP contribution in [0.2, 0.25) is 0 Å². The molecule has 0 aliphatic heterocycles. The van der Waals surface area contributed by atoms with Gasteiger partial charge in [0, 0.05) is 0 Å². The fourth-order valence-corrected chi connectivity index (χ4v) is 0. The molecule has 0 heterocycles. The molecular formula is AlNi2O+5. The van der Waals surface area contributed by atoms with Gasteiger partial charge in [0.15, 0.2) is 0 Å². The predicted molar refractivity (Wildman–Crippen MR) is 6.44 cm³/mol. The summed E-state index contributed by atoms with van der Waals surface area (Å²) < 4.78 is 0. The summed E-state index contributed by atoms with van der Waals surface area (Å²) in [6.45, 7) is 0. The number of rotatable bonds is 0. The fraction of sp³-hybridized carbons (Fsp3) is 0. The van der Waals surface area contributed by atoms with Gasteiger partial charge in [-0.15, -0.1) is 0 Å². The van der Waals surface area contributed by atoms with Crippen LogP contribution >= 0.6 is 0 Å². The summed E-state index contributed by atoms with van der Waals surface area (Å²) in [5, 5.41) is 0. The van der Waals surface area contributed by atoms with Crippen LogP contribution in [0.25, 0.3) is 0 Å². The number of hydrogen-bond acceptors (Lipinski definition) is 0. The number of hydrogen-bond donors (Lipinski definition) is 0. The molecule has 4 heteroatoms. The summed E-state index contributed by atoms with van der Waals surface area (Å²) in [6, 6.07) is 0. The first-order valence-electron chi connectivity index (χ1n) is 0. The Morgan fingerprint density at radius 1 is 0.750 bits per heavy atom. The third-order valence-electron chi connectivity index (χ3n) is 0. The van der Waals surface area contributed by atoms with Crippen molar-refractivity contribution in [2.24, 2.45) is 0 Å². The smallest absolute Gasteiger partial charge is 2.00 e. The third-order valence-corrected chi connectivity index (χ3v) is 0. The molecule has 0 amide bonds. The molecule has 0 aromatic carbocycles. The molecule has 0 rings (SSSR count). The van der Waals surface area contributed by atoms with Crippen molar-refractivity contribution in [2.75, 3.05) is 0 Å². The van der Waals surface area contributed by atoms with Crippen LogP contribution in [0.1, 0.15) is 0 Å². The second kappa shape index (κ2) is 24.8. The summed E-state index contributed by atoms with van der Waals surface area (Å²) in [5.74, 6) is 0. The molecule has 0 saturated heterocycles. The average molecular weight is 160 g/mol. The van der Waals surface area contributed by atoms with Crippen molar-refractivity contribution >= 4 is 17.4 Å². The zero-order valence-corrected chi connectivity index (χ0v) is 4.75. The largest absolute Gasteiger partial charge is 3.00 e. The van der Waals surface area contributed by atoms with E-state index in [1.807, 2.05) is 0 Å². The molecule has 0 radical (unpaired) electrons. The van der Waals surface area contributed by atoms with Crippen LogP contribution in [-0.4, -0.2) is 17.4 Å². The van der Waals surface area contributed by atoms with E-state index in [0.717, 1.165) is 0 Å². The van der Waals surface area contributed by atoms with Gasteiger partial charge < -0.3 is 5.48 Å². The van der Waals surface area contributed by atoms with E-state index in [1.54, 1.807) is 0 Å². The molecule has 0 spiro atoms. The van der Waals surface area contributed by atoms with Gasteiger partial charge in [0.25, 0.3) is 0 Å². The van der Waals surface area contributed by atoms with Crippen LogP contribution in [0.3, 0.4) is 0 Å². The molecule has 0 aromatic rings. The first kappa shape index (κ1) is 50.2. The van der Waals surface area contributed by atoms with Gasteiger partial charge in [-0.25, -0.2) is 0 Å². The van der Waals surface area contributed by atoms with Gasteiger partial charge in [0.2, 0.25) is 0 Å². The van der Waals surface area contributed by atoms with E-state index in [2.05, 4.69) is 0 Å². The second-order valence-electron chi connectivity index (χ2n) is 0. The molecule has 0 atom stereocenters. The Morgan fingerprint density at radius 3 is 0.750 bits per heavy atom. The maximum atomic E-state index is 0. The molecule has 0 N–H and O–H groups in total. The van der Waals surface area contributed by atoms with E-state index >= 15 is 0 Å². The summed E-state index contributed by atoms with van der Waals surface area (Å²) in [5.41, 5.74) is 0. The summed E-state index contributed by atoms with van der Waals surface area (Å²) in [4.78, 5) is 0. The van der Waals surface area contributed by atoms with Crippen molar-refractivity contribution < 1.29 is 38.5 Å². The summed E-state index contributed by atoms with van der Waals surface area (Å²) in [6.07, 6.45) is 0. The van der Waals surface area contributed by atoms with E-state index in [0.29, 0.717) is 0 Å². The molecule has 1 nitrogen and oxygen atoms in total.